The first kappa shape index (κ1) is 23.9. The second-order valence-electron chi connectivity index (χ2n) is 9.41. The number of piperidine rings is 1. The zero-order valence-electron chi connectivity index (χ0n) is 19.8. The fourth-order valence-electron chi connectivity index (χ4n) is 4.72. The average Bonchev–Trinajstić information content (AvgIpc) is 3.69. The average molecular weight is 464 g/mol. The van der Waals surface area contributed by atoms with Crippen LogP contribution in [-0.4, -0.2) is 58.1 Å². The lowest BCUT2D eigenvalue weighted by Crippen LogP contribution is -2.49. The molecule has 0 N–H and O–H groups in total. The maximum absolute atomic E-state index is 13.6. The Hall–Kier alpha value is -3.22. The number of hydrogen-bond acceptors (Lipinski definition) is 4. The predicted octanol–water partition coefficient (Wildman–Crippen LogP) is 3.16. The molecule has 34 heavy (non-hydrogen) atoms. The highest BCUT2D eigenvalue weighted by Crippen LogP contribution is 2.31. The normalized spacial score (nSPS) is 17.3. The molecule has 1 aromatic carbocycles. The van der Waals surface area contributed by atoms with Crippen molar-refractivity contribution in [3.8, 4) is 0 Å². The number of benzene rings is 1. The molecule has 0 bridgehead atoms. The minimum absolute atomic E-state index is 0.0999. The van der Waals surface area contributed by atoms with Crippen LogP contribution >= 0.6 is 0 Å². The third kappa shape index (κ3) is 5.46. The smallest absolute Gasteiger partial charge is 0.253 e. The van der Waals surface area contributed by atoms with E-state index in [0.29, 0.717) is 37.4 Å². The van der Waals surface area contributed by atoms with Crippen LogP contribution < -0.4 is 5.56 Å². The number of ketones is 1. The number of hydrogen-bond donors (Lipinski definition) is 0. The van der Waals surface area contributed by atoms with Gasteiger partial charge in [-0.15, -0.1) is 0 Å². The van der Waals surface area contributed by atoms with Crippen LogP contribution in [0.5, 0.6) is 0 Å². The van der Waals surface area contributed by atoms with Gasteiger partial charge in [0.05, 0.1) is 0 Å². The fourth-order valence-corrected chi connectivity index (χ4v) is 4.72. The van der Waals surface area contributed by atoms with E-state index in [9.17, 15) is 19.2 Å². The highest BCUT2D eigenvalue weighted by Gasteiger charge is 2.37. The number of carbonyl (C=O) groups is 3. The highest BCUT2D eigenvalue weighted by molar-refractivity contribution is 6.11. The Kier molecular flexibility index (Phi) is 7.60. The second-order valence-corrected chi connectivity index (χ2v) is 9.41. The predicted molar refractivity (Wildman–Crippen MR) is 129 cm³/mol. The summed E-state index contributed by atoms with van der Waals surface area (Å²) in [5.41, 5.74) is -0.0116. The van der Waals surface area contributed by atoms with E-state index in [0.717, 1.165) is 19.5 Å². The first-order valence-electron chi connectivity index (χ1n) is 12.3. The zero-order valence-corrected chi connectivity index (χ0v) is 19.8. The van der Waals surface area contributed by atoms with Gasteiger partial charge < -0.3 is 9.80 Å². The first-order chi connectivity index (χ1) is 16.5. The summed E-state index contributed by atoms with van der Waals surface area (Å²) in [6, 6.07) is 11.9. The summed E-state index contributed by atoms with van der Waals surface area (Å²) in [6.07, 6.45) is 5.98. The first-order valence-corrected chi connectivity index (χ1v) is 12.3. The van der Waals surface area contributed by atoms with Crippen molar-refractivity contribution in [3.63, 3.8) is 0 Å². The number of carbonyl (C=O) groups excluding carboxylic acids is 3. The SMILES string of the molecule is CCCN(CC1CC1)C(=O)C1CCN(C(=O)C(C(=O)c2ccccc2)n2ccccc2=O)CC1. The summed E-state index contributed by atoms with van der Waals surface area (Å²) in [4.78, 5) is 56.3. The van der Waals surface area contributed by atoms with Crippen LogP contribution in [0.25, 0.3) is 0 Å². The summed E-state index contributed by atoms with van der Waals surface area (Å²) >= 11 is 0. The van der Waals surface area contributed by atoms with E-state index >= 15 is 0 Å². The molecule has 1 unspecified atom stereocenters. The van der Waals surface area contributed by atoms with Gasteiger partial charge in [-0.05, 0) is 44.1 Å². The number of rotatable bonds is 9. The van der Waals surface area contributed by atoms with Gasteiger partial charge in [-0.1, -0.05) is 43.3 Å². The van der Waals surface area contributed by atoms with Gasteiger partial charge in [0.1, 0.15) is 0 Å². The molecule has 1 aliphatic carbocycles. The summed E-state index contributed by atoms with van der Waals surface area (Å²) in [6.45, 7) is 4.51. The minimum atomic E-state index is -1.25. The van der Waals surface area contributed by atoms with Gasteiger partial charge in [-0.25, -0.2) is 0 Å². The van der Waals surface area contributed by atoms with E-state index < -0.39 is 23.3 Å². The number of amides is 2. The van der Waals surface area contributed by atoms with Crippen LogP contribution in [0.1, 0.15) is 55.4 Å². The van der Waals surface area contributed by atoms with Gasteiger partial charge in [0.25, 0.3) is 11.5 Å². The van der Waals surface area contributed by atoms with Crippen LogP contribution in [0.15, 0.2) is 59.5 Å². The molecule has 2 aliphatic rings. The molecule has 0 spiro atoms. The maximum atomic E-state index is 13.6. The highest BCUT2D eigenvalue weighted by atomic mass is 16.2. The lowest BCUT2D eigenvalue weighted by Gasteiger charge is -2.36. The molecule has 180 valence electrons. The molecule has 1 aromatic heterocycles. The number of Topliss-reactive ketones (excluding diaryl/α,β-unsaturated/α-hetero) is 1. The molecule has 1 aliphatic heterocycles. The molecule has 7 heteroatoms. The molecule has 0 radical (unpaired) electrons. The molecular weight excluding hydrogens is 430 g/mol. The molecule has 2 aromatic rings. The van der Waals surface area contributed by atoms with Gasteiger partial charge in [0.2, 0.25) is 5.91 Å². The molecule has 2 fully saturated rings. The van der Waals surface area contributed by atoms with Gasteiger partial charge in [0.15, 0.2) is 11.8 Å². The topological polar surface area (TPSA) is 79.7 Å². The van der Waals surface area contributed by atoms with Crippen molar-refractivity contribution < 1.29 is 14.4 Å². The maximum Gasteiger partial charge on any atom is 0.253 e. The van der Waals surface area contributed by atoms with Crippen molar-refractivity contribution in [2.75, 3.05) is 26.2 Å². The molecule has 1 saturated heterocycles. The van der Waals surface area contributed by atoms with Crippen molar-refractivity contribution in [3.05, 3.63) is 70.6 Å². The molecule has 1 atom stereocenters. The number of likely N-dealkylation sites (tertiary alicyclic amines) is 1. The van der Waals surface area contributed by atoms with Crippen molar-refractivity contribution in [1.82, 2.24) is 14.4 Å². The van der Waals surface area contributed by atoms with Crippen molar-refractivity contribution >= 4 is 17.6 Å². The van der Waals surface area contributed by atoms with Crippen molar-refractivity contribution in [2.24, 2.45) is 11.8 Å². The molecule has 1 saturated carbocycles. The van der Waals surface area contributed by atoms with E-state index in [4.69, 9.17) is 0 Å². The lowest BCUT2D eigenvalue weighted by atomic mass is 9.93. The Bertz CT molecular complexity index is 1070. The molecule has 2 heterocycles. The van der Waals surface area contributed by atoms with Gasteiger partial charge in [-0.2, -0.15) is 0 Å². The zero-order chi connectivity index (χ0) is 24.1. The lowest BCUT2D eigenvalue weighted by molar-refractivity contribution is -0.141. The van der Waals surface area contributed by atoms with Crippen LogP contribution in [-0.2, 0) is 9.59 Å². The Balaban J connectivity index is 1.48. The number of nitrogens with zero attached hydrogens (tertiary/aromatic N) is 3. The Morgan fingerprint density at radius 2 is 1.65 bits per heavy atom. The molecule has 7 nitrogen and oxygen atoms in total. The Morgan fingerprint density at radius 3 is 2.26 bits per heavy atom. The van der Waals surface area contributed by atoms with E-state index in [1.165, 1.54) is 29.7 Å². The van der Waals surface area contributed by atoms with Crippen LogP contribution in [0.4, 0.5) is 0 Å². The van der Waals surface area contributed by atoms with E-state index in [1.807, 2.05) is 4.90 Å². The van der Waals surface area contributed by atoms with Gasteiger partial charge in [-0.3, -0.25) is 23.7 Å². The Morgan fingerprint density at radius 1 is 0.971 bits per heavy atom. The van der Waals surface area contributed by atoms with Crippen LogP contribution in [0.3, 0.4) is 0 Å². The number of pyridine rings is 1. The van der Waals surface area contributed by atoms with Crippen molar-refractivity contribution in [2.45, 2.75) is 45.1 Å². The van der Waals surface area contributed by atoms with Crippen molar-refractivity contribution in [1.29, 1.82) is 0 Å². The minimum Gasteiger partial charge on any atom is -0.342 e. The van der Waals surface area contributed by atoms with Gasteiger partial charge in [0, 0.05) is 49.9 Å². The standard InChI is InChI=1S/C27H33N3O4/c1-2-15-29(19-20-11-12-20)26(33)22-13-17-28(18-14-22)27(34)24(30-16-7-6-10-23(30)31)25(32)21-8-4-3-5-9-21/h3-10,16,20,22,24H,2,11-15,17-19H2,1H3. The van der Waals surface area contributed by atoms with E-state index in [-0.39, 0.29) is 11.8 Å². The van der Waals surface area contributed by atoms with Crippen LogP contribution in [0.2, 0.25) is 0 Å². The third-order valence-electron chi connectivity index (χ3n) is 6.81. The molecule has 2 amide bonds. The molecular formula is C27H33N3O4. The summed E-state index contributed by atoms with van der Waals surface area (Å²) in [7, 11) is 0. The summed E-state index contributed by atoms with van der Waals surface area (Å²) < 4.78 is 1.22. The fraction of sp³-hybridized carbons (Fsp3) is 0.481. The van der Waals surface area contributed by atoms with Crippen LogP contribution in [0, 0.1) is 11.8 Å². The summed E-state index contributed by atoms with van der Waals surface area (Å²) in [5.74, 6) is -0.0627. The monoisotopic (exact) mass is 463 g/mol. The number of aromatic nitrogens is 1. The largest absolute Gasteiger partial charge is 0.342 e. The quantitative estimate of drug-likeness (QED) is 0.423. The van der Waals surface area contributed by atoms with E-state index in [2.05, 4.69) is 6.92 Å². The second kappa shape index (κ2) is 10.8. The van der Waals surface area contributed by atoms with Gasteiger partial charge >= 0.3 is 0 Å². The van der Waals surface area contributed by atoms with E-state index in [1.54, 1.807) is 47.4 Å². The third-order valence-corrected chi connectivity index (χ3v) is 6.81. The molecule has 4 rings (SSSR count). The Labute approximate surface area is 200 Å². The summed E-state index contributed by atoms with van der Waals surface area (Å²) in [5, 5.41) is 0.